The molecule has 1 amide bonds. The van der Waals surface area contributed by atoms with Gasteiger partial charge in [-0.3, -0.25) is 0 Å². The van der Waals surface area contributed by atoms with Gasteiger partial charge in [0.1, 0.15) is 18.1 Å². The first kappa shape index (κ1) is 33.8. The van der Waals surface area contributed by atoms with Crippen molar-refractivity contribution in [2.24, 2.45) is 0 Å². The molecule has 41 heavy (non-hydrogen) atoms. The van der Waals surface area contributed by atoms with E-state index in [1.807, 2.05) is 13.8 Å². The Morgan fingerprint density at radius 1 is 0.902 bits per heavy atom. The molecule has 0 aliphatic rings. The summed E-state index contributed by atoms with van der Waals surface area (Å²) < 4.78 is 83.0. The maximum atomic E-state index is 13.0. The highest BCUT2D eigenvalue weighted by molar-refractivity contribution is 5.72. The maximum absolute atomic E-state index is 13.0. The van der Waals surface area contributed by atoms with Gasteiger partial charge >= 0.3 is 24.3 Å². The molecule has 2 rings (SSSR count). The van der Waals surface area contributed by atoms with Crippen LogP contribution in [-0.4, -0.2) is 73.4 Å². The van der Waals surface area contributed by atoms with Gasteiger partial charge in [0.05, 0.1) is 13.2 Å². The zero-order chi connectivity index (χ0) is 30.6. The van der Waals surface area contributed by atoms with E-state index in [-0.39, 0.29) is 50.8 Å². The van der Waals surface area contributed by atoms with E-state index in [0.29, 0.717) is 11.3 Å². The Labute approximate surface area is 234 Å². The molecule has 0 bridgehead atoms. The van der Waals surface area contributed by atoms with Crippen LogP contribution in [0.4, 0.5) is 26.7 Å². The molecule has 1 N–H and O–H groups in total. The average Bonchev–Trinajstić information content (AvgIpc) is 2.90. The van der Waals surface area contributed by atoms with Crippen LogP contribution in [0.25, 0.3) is 0 Å². The van der Waals surface area contributed by atoms with Crippen LogP contribution in [-0.2, 0) is 20.7 Å². The number of nitrogens with zero attached hydrogens (tertiary/aromatic N) is 1. The predicted molar refractivity (Wildman–Crippen MR) is 138 cm³/mol. The van der Waals surface area contributed by atoms with Crippen molar-refractivity contribution in [1.82, 2.24) is 4.90 Å². The van der Waals surface area contributed by atoms with Gasteiger partial charge in [-0.25, -0.2) is 9.59 Å². The van der Waals surface area contributed by atoms with E-state index in [1.165, 1.54) is 0 Å². The first-order valence-electron chi connectivity index (χ1n) is 12.9. The van der Waals surface area contributed by atoms with Crippen LogP contribution in [0.1, 0.15) is 44.2 Å². The van der Waals surface area contributed by atoms with Crippen molar-refractivity contribution in [3.05, 3.63) is 59.7 Å². The summed E-state index contributed by atoms with van der Waals surface area (Å²) in [6, 6.07) is 13.3. The minimum atomic E-state index is -5.85. The SMILES string of the molecule is CCOC(Cc1ccc(OCCN(CCCOC(F)(F)C(F)(F)F)C(=O)Oc2ccc(C(C)C)cc2)cc1)C(=O)O. The molecule has 0 radical (unpaired) electrons. The lowest BCUT2D eigenvalue weighted by molar-refractivity contribution is -0.391. The monoisotopic (exact) mass is 591 g/mol. The number of hydrogen-bond donors (Lipinski definition) is 1. The van der Waals surface area contributed by atoms with Crippen molar-refractivity contribution < 1.29 is 55.6 Å². The van der Waals surface area contributed by atoms with Crippen molar-refractivity contribution >= 4 is 12.1 Å². The molecule has 13 heteroatoms. The number of carboxylic acids is 1. The van der Waals surface area contributed by atoms with E-state index in [0.717, 1.165) is 10.5 Å². The number of rotatable bonds is 16. The zero-order valence-corrected chi connectivity index (χ0v) is 23.0. The first-order valence-corrected chi connectivity index (χ1v) is 12.9. The zero-order valence-electron chi connectivity index (χ0n) is 23.0. The second kappa shape index (κ2) is 15.5. The lowest BCUT2D eigenvalue weighted by Crippen LogP contribution is -2.41. The normalized spacial score (nSPS) is 12.7. The molecule has 0 aromatic heterocycles. The van der Waals surface area contributed by atoms with Gasteiger partial charge in [-0.1, -0.05) is 38.1 Å². The third-order valence-electron chi connectivity index (χ3n) is 5.81. The van der Waals surface area contributed by atoms with Crippen molar-refractivity contribution in [1.29, 1.82) is 0 Å². The summed E-state index contributed by atoms with van der Waals surface area (Å²) in [5, 5.41) is 9.23. The van der Waals surface area contributed by atoms with Gasteiger partial charge < -0.3 is 29.0 Å². The fourth-order valence-corrected chi connectivity index (χ4v) is 3.55. The van der Waals surface area contributed by atoms with E-state index in [2.05, 4.69) is 4.74 Å². The number of carbonyl (C=O) groups is 2. The number of hydrogen-bond acceptors (Lipinski definition) is 6. The fraction of sp³-hybridized carbons (Fsp3) is 0.500. The number of amides is 1. The molecular weight excluding hydrogens is 557 g/mol. The van der Waals surface area contributed by atoms with Crippen LogP contribution < -0.4 is 9.47 Å². The molecule has 0 aliphatic heterocycles. The van der Waals surface area contributed by atoms with Crippen molar-refractivity contribution in [2.75, 3.05) is 32.9 Å². The molecule has 2 aromatic rings. The summed E-state index contributed by atoms with van der Waals surface area (Å²) in [5.74, 6) is -0.196. The van der Waals surface area contributed by atoms with Crippen molar-refractivity contribution in [3.8, 4) is 11.5 Å². The van der Waals surface area contributed by atoms with Crippen molar-refractivity contribution in [3.63, 3.8) is 0 Å². The van der Waals surface area contributed by atoms with Crippen LogP contribution in [0.3, 0.4) is 0 Å². The van der Waals surface area contributed by atoms with Crippen molar-refractivity contribution in [2.45, 2.75) is 57.9 Å². The molecule has 0 saturated carbocycles. The summed E-state index contributed by atoms with van der Waals surface area (Å²) >= 11 is 0. The van der Waals surface area contributed by atoms with E-state index >= 15 is 0 Å². The van der Waals surface area contributed by atoms with E-state index < -0.39 is 37.1 Å². The van der Waals surface area contributed by atoms with Crippen LogP contribution in [0, 0.1) is 0 Å². The Kier molecular flexibility index (Phi) is 12.8. The summed E-state index contributed by atoms with van der Waals surface area (Å²) in [6.45, 7) is 4.59. The molecule has 1 atom stereocenters. The number of carbonyl (C=O) groups excluding carboxylic acids is 1. The fourth-order valence-electron chi connectivity index (χ4n) is 3.55. The number of alkyl halides is 5. The molecule has 228 valence electrons. The Morgan fingerprint density at radius 3 is 2.05 bits per heavy atom. The quantitative estimate of drug-likeness (QED) is 0.181. The number of benzene rings is 2. The molecule has 2 aromatic carbocycles. The van der Waals surface area contributed by atoms with E-state index in [9.17, 15) is 36.6 Å². The van der Waals surface area contributed by atoms with Gasteiger partial charge in [0.2, 0.25) is 0 Å². The van der Waals surface area contributed by atoms with Crippen LogP contribution >= 0.6 is 0 Å². The molecule has 1 unspecified atom stereocenters. The number of carboxylic acid groups (broad SMARTS) is 1. The van der Waals surface area contributed by atoms with Gasteiger partial charge in [0.25, 0.3) is 0 Å². The molecule has 0 fully saturated rings. The van der Waals surface area contributed by atoms with Gasteiger partial charge in [0.15, 0.2) is 6.10 Å². The minimum Gasteiger partial charge on any atom is -0.492 e. The summed E-state index contributed by atoms with van der Waals surface area (Å²) in [5.41, 5.74) is 1.71. The lowest BCUT2D eigenvalue weighted by Gasteiger charge is -2.23. The minimum absolute atomic E-state index is 0.0585. The second-order valence-electron chi connectivity index (χ2n) is 9.27. The van der Waals surface area contributed by atoms with E-state index in [4.69, 9.17) is 14.2 Å². The summed E-state index contributed by atoms with van der Waals surface area (Å²) in [4.78, 5) is 25.2. The Morgan fingerprint density at radius 2 is 1.51 bits per heavy atom. The van der Waals surface area contributed by atoms with E-state index in [1.54, 1.807) is 55.5 Å². The summed E-state index contributed by atoms with van der Waals surface area (Å²) in [6.07, 6.45) is -13.2. The van der Waals surface area contributed by atoms with Gasteiger partial charge in [-0.2, -0.15) is 22.0 Å². The average molecular weight is 592 g/mol. The maximum Gasteiger partial charge on any atom is 0.482 e. The molecule has 8 nitrogen and oxygen atoms in total. The molecule has 0 saturated heterocycles. The highest BCUT2D eigenvalue weighted by Gasteiger charge is 2.59. The standard InChI is InChI=1S/C28H34F5NO7/c1-4-38-24(25(35)36)18-20-6-10-22(11-7-20)39-17-15-34(14-5-16-40-28(32,33)27(29,30)31)26(37)41-23-12-8-21(9-13-23)19(2)3/h6-13,19,24H,4-5,14-18H2,1-3H3,(H,35,36). The van der Waals surface area contributed by atoms with Gasteiger partial charge in [-0.15, -0.1) is 0 Å². The number of aliphatic carboxylic acids is 1. The molecule has 0 heterocycles. The third kappa shape index (κ3) is 11.2. The highest BCUT2D eigenvalue weighted by atomic mass is 19.4. The predicted octanol–water partition coefficient (Wildman–Crippen LogP) is 6.28. The smallest absolute Gasteiger partial charge is 0.482 e. The Bertz CT molecular complexity index is 1090. The second-order valence-corrected chi connectivity index (χ2v) is 9.27. The topological polar surface area (TPSA) is 94.5 Å². The first-order chi connectivity index (χ1) is 19.2. The molecule has 0 aliphatic carbocycles. The Hall–Kier alpha value is -3.45. The summed E-state index contributed by atoms with van der Waals surface area (Å²) in [7, 11) is 0. The lowest BCUT2D eigenvalue weighted by atomic mass is 10.0. The highest BCUT2D eigenvalue weighted by Crippen LogP contribution is 2.36. The molecule has 0 spiro atoms. The van der Waals surface area contributed by atoms with Crippen LogP contribution in [0.15, 0.2) is 48.5 Å². The van der Waals surface area contributed by atoms with Crippen LogP contribution in [0.2, 0.25) is 0 Å². The largest absolute Gasteiger partial charge is 0.492 e. The molecular formula is C28H34F5NO7. The third-order valence-corrected chi connectivity index (χ3v) is 5.81. The van der Waals surface area contributed by atoms with Gasteiger partial charge in [-0.05, 0) is 54.7 Å². The van der Waals surface area contributed by atoms with Crippen LogP contribution in [0.5, 0.6) is 11.5 Å². The number of ether oxygens (including phenoxy) is 4. The Balaban J connectivity index is 1.99. The number of halogens is 5. The van der Waals surface area contributed by atoms with Gasteiger partial charge in [0, 0.05) is 19.6 Å².